The highest BCUT2D eigenvalue weighted by Gasteiger charge is 2.20. The van der Waals surface area contributed by atoms with Crippen molar-refractivity contribution in [3.05, 3.63) is 34.9 Å². The van der Waals surface area contributed by atoms with Gasteiger partial charge in [-0.1, -0.05) is 23.8 Å². The van der Waals surface area contributed by atoms with Crippen LogP contribution in [0.2, 0.25) is 0 Å². The zero-order valence-corrected chi connectivity index (χ0v) is 11.4. The van der Waals surface area contributed by atoms with Gasteiger partial charge in [0, 0.05) is 25.0 Å². The minimum absolute atomic E-state index is 0.173. The highest BCUT2D eigenvalue weighted by Crippen LogP contribution is 2.20. The van der Waals surface area contributed by atoms with E-state index in [9.17, 15) is 4.79 Å². The molecule has 1 aliphatic heterocycles. The second-order valence-corrected chi connectivity index (χ2v) is 5.29. The van der Waals surface area contributed by atoms with Crippen LogP contribution in [0, 0.1) is 13.8 Å². The molecule has 0 spiro atoms. The van der Waals surface area contributed by atoms with Crippen molar-refractivity contribution in [1.29, 1.82) is 0 Å². The van der Waals surface area contributed by atoms with E-state index in [1.807, 2.05) is 0 Å². The highest BCUT2D eigenvalue weighted by atomic mass is 16.1. The predicted octanol–water partition coefficient (Wildman–Crippen LogP) is 2.23. The van der Waals surface area contributed by atoms with E-state index >= 15 is 0 Å². The summed E-state index contributed by atoms with van der Waals surface area (Å²) in [6.07, 6.45) is 1.57. The normalized spacial score (nSPS) is 21.5. The number of aryl methyl sites for hydroxylation is 2. The number of hydrogen-bond acceptors (Lipinski definition) is 2. The van der Waals surface area contributed by atoms with Crippen molar-refractivity contribution in [2.75, 3.05) is 6.54 Å². The van der Waals surface area contributed by atoms with Gasteiger partial charge in [0.2, 0.25) is 5.91 Å². The van der Waals surface area contributed by atoms with Crippen molar-refractivity contribution < 1.29 is 4.79 Å². The summed E-state index contributed by atoms with van der Waals surface area (Å²) in [5.74, 6) is 0.173. The maximum absolute atomic E-state index is 11.1. The smallest absolute Gasteiger partial charge is 0.220 e. The fraction of sp³-hybridized carbons (Fsp3) is 0.533. The summed E-state index contributed by atoms with van der Waals surface area (Å²) < 4.78 is 0. The molecule has 3 heteroatoms. The molecule has 0 radical (unpaired) electrons. The van der Waals surface area contributed by atoms with Crippen molar-refractivity contribution >= 4 is 5.91 Å². The van der Waals surface area contributed by atoms with Crippen LogP contribution < -0.4 is 10.6 Å². The van der Waals surface area contributed by atoms with Gasteiger partial charge in [-0.25, -0.2) is 0 Å². The number of rotatable bonds is 3. The van der Waals surface area contributed by atoms with Gasteiger partial charge < -0.3 is 10.6 Å². The first-order chi connectivity index (χ1) is 8.56. The lowest BCUT2D eigenvalue weighted by molar-refractivity contribution is -0.122. The van der Waals surface area contributed by atoms with Crippen LogP contribution in [-0.2, 0) is 4.79 Å². The van der Waals surface area contributed by atoms with E-state index in [-0.39, 0.29) is 5.91 Å². The first kappa shape index (κ1) is 13.1. The average molecular weight is 246 g/mol. The van der Waals surface area contributed by atoms with Crippen LogP contribution in [0.1, 0.15) is 42.5 Å². The van der Waals surface area contributed by atoms with E-state index in [2.05, 4.69) is 49.6 Å². The Hall–Kier alpha value is -1.35. The molecule has 1 heterocycles. The van der Waals surface area contributed by atoms with Gasteiger partial charge in [-0.15, -0.1) is 0 Å². The van der Waals surface area contributed by atoms with E-state index in [4.69, 9.17) is 0 Å². The molecule has 2 rings (SSSR count). The molecule has 0 aromatic heterocycles. The number of carbonyl (C=O) groups is 1. The molecule has 1 aromatic rings. The Kier molecular flexibility index (Phi) is 4.02. The van der Waals surface area contributed by atoms with E-state index < -0.39 is 0 Å². The Balaban J connectivity index is 1.98. The molecule has 1 amide bonds. The summed E-state index contributed by atoms with van der Waals surface area (Å²) in [6, 6.07) is 7.28. The largest absolute Gasteiger partial charge is 0.355 e. The van der Waals surface area contributed by atoms with Crippen LogP contribution in [0.3, 0.4) is 0 Å². The fourth-order valence-electron chi connectivity index (χ4n) is 2.63. The molecule has 1 saturated heterocycles. The molecule has 2 atom stereocenters. The molecule has 3 nitrogen and oxygen atoms in total. The SMILES string of the molecule is Cc1ccc(C(C)NC2CCC(=O)NC2)c(C)c1. The Morgan fingerprint density at radius 3 is 2.78 bits per heavy atom. The number of carbonyl (C=O) groups excluding carboxylic acids is 1. The fourth-order valence-corrected chi connectivity index (χ4v) is 2.63. The lowest BCUT2D eigenvalue weighted by Crippen LogP contribution is -2.46. The number of hydrogen-bond donors (Lipinski definition) is 2. The average Bonchev–Trinajstić information content (AvgIpc) is 2.32. The minimum atomic E-state index is 0.173. The van der Waals surface area contributed by atoms with Gasteiger partial charge in [-0.05, 0) is 38.3 Å². The number of piperidine rings is 1. The highest BCUT2D eigenvalue weighted by molar-refractivity contribution is 5.76. The standard InChI is InChI=1S/C15H22N2O/c1-10-4-6-14(11(2)8-10)12(3)17-13-5-7-15(18)16-9-13/h4,6,8,12-13,17H,5,7,9H2,1-3H3,(H,16,18). The van der Waals surface area contributed by atoms with Gasteiger partial charge in [0.15, 0.2) is 0 Å². The third kappa shape index (κ3) is 3.10. The minimum Gasteiger partial charge on any atom is -0.355 e. The Labute approximate surface area is 109 Å². The maximum Gasteiger partial charge on any atom is 0.220 e. The quantitative estimate of drug-likeness (QED) is 0.858. The number of nitrogens with one attached hydrogen (secondary N) is 2. The molecule has 2 unspecified atom stereocenters. The lowest BCUT2D eigenvalue weighted by atomic mass is 9.98. The first-order valence-electron chi connectivity index (χ1n) is 6.66. The topological polar surface area (TPSA) is 41.1 Å². The van der Waals surface area contributed by atoms with Crippen LogP contribution in [0.5, 0.6) is 0 Å². The maximum atomic E-state index is 11.1. The summed E-state index contributed by atoms with van der Waals surface area (Å²) >= 11 is 0. The second-order valence-electron chi connectivity index (χ2n) is 5.29. The molecule has 1 aliphatic rings. The van der Waals surface area contributed by atoms with Gasteiger partial charge in [0.05, 0.1) is 0 Å². The molecule has 98 valence electrons. The van der Waals surface area contributed by atoms with E-state index in [1.54, 1.807) is 0 Å². The van der Waals surface area contributed by atoms with Crippen molar-refractivity contribution in [2.45, 2.75) is 45.7 Å². The second kappa shape index (κ2) is 5.53. The molecule has 1 fully saturated rings. The monoisotopic (exact) mass is 246 g/mol. The summed E-state index contributed by atoms with van der Waals surface area (Å²) in [5, 5.41) is 6.51. The van der Waals surface area contributed by atoms with Crippen LogP contribution in [0.4, 0.5) is 0 Å². The van der Waals surface area contributed by atoms with Crippen LogP contribution >= 0.6 is 0 Å². The van der Waals surface area contributed by atoms with Crippen molar-refractivity contribution in [2.24, 2.45) is 0 Å². The molecule has 2 N–H and O–H groups in total. The third-order valence-electron chi connectivity index (χ3n) is 3.64. The summed E-state index contributed by atoms with van der Waals surface area (Å²) in [7, 11) is 0. The van der Waals surface area contributed by atoms with Gasteiger partial charge >= 0.3 is 0 Å². The van der Waals surface area contributed by atoms with Gasteiger partial charge in [0.25, 0.3) is 0 Å². The van der Waals surface area contributed by atoms with Crippen LogP contribution in [0.15, 0.2) is 18.2 Å². The Morgan fingerprint density at radius 2 is 2.17 bits per heavy atom. The molecular formula is C15H22N2O. The van der Waals surface area contributed by atoms with Crippen LogP contribution in [-0.4, -0.2) is 18.5 Å². The molecular weight excluding hydrogens is 224 g/mol. The van der Waals surface area contributed by atoms with Crippen molar-refractivity contribution in [3.8, 4) is 0 Å². The lowest BCUT2D eigenvalue weighted by Gasteiger charge is -2.28. The zero-order valence-electron chi connectivity index (χ0n) is 11.4. The van der Waals surface area contributed by atoms with E-state index in [0.717, 1.165) is 13.0 Å². The summed E-state index contributed by atoms with van der Waals surface area (Å²) in [6.45, 7) is 7.21. The molecule has 0 aliphatic carbocycles. The molecule has 1 aromatic carbocycles. The van der Waals surface area contributed by atoms with Crippen molar-refractivity contribution in [1.82, 2.24) is 10.6 Å². The van der Waals surface area contributed by atoms with Crippen LogP contribution in [0.25, 0.3) is 0 Å². The zero-order chi connectivity index (χ0) is 13.1. The molecule has 0 bridgehead atoms. The number of benzene rings is 1. The van der Waals surface area contributed by atoms with Gasteiger partial charge in [-0.3, -0.25) is 4.79 Å². The van der Waals surface area contributed by atoms with Gasteiger partial charge in [-0.2, -0.15) is 0 Å². The van der Waals surface area contributed by atoms with E-state index in [0.29, 0.717) is 18.5 Å². The predicted molar refractivity (Wildman–Crippen MR) is 73.5 cm³/mol. The molecule has 18 heavy (non-hydrogen) atoms. The Bertz CT molecular complexity index is 432. The summed E-state index contributed by atoms with van der Waals surface area (Å²) in [5.41, 5.74) is 3.97. The van der Waals surface area contributed by atoms with Crippen molar-refractivity contribution in [3.63, 3.8) is 0 Å². The summed E-state index contributed by atoms with van der Waals surface area (Å²) in [4.78, 5) is 11.1. The number of amides is 1. The van der Waals surface area contributed by atoms with E-state index in [1.165, 1.54) is 16.7 Å². The Morgan fingerprint density at radius 1 is 1.39 bits per heavy atom. The molecule has 0 saturated carbocycles. The first-order valence-corrected chi connectivity index (χ1v) is 6.66. The van der Waals surface area contributed by atoms with Gasteiger partial charge in [0.1, 0.15) is 0 Å². The third-order valence-corrected chi connectivity index (χ3v) is 3.64.